The molecular formula is C14H17BrFNO2. The van der Waals surface area contributed by atoms with Crippen LogP contribution in [0.15, 0.2) is 22.7 Å². The van der Waals surface area contributed by atoms with Crippen LogP contribution in [0.2, 0.25) is 0 Å². The fourth-order valence-electron chi connectivity index (χ4n) is 2.61. The Morgan fingerprint density at radius 3 is 2.89 bits per heavy atom. The van der Waals surface area contributed by atoms with Crippen LogP contribution in [0.25, 0.3) is 0 Å². The highest BCUT2D eigenvalue weighted by atomic mass is 79.9. The van der Waals surface area contributed by atoms with E-state index in [1.54, 1.807) is 6.07 Å². The van der Waals surface area contributed by atoms with E-state index >= 15 is 0 Å². The monoisotopic (exact) mass is 329 g/mol. The van der Waals surface area contributed by atoms with E-state index in [2.05, 4.69) is 21.2 Å². The number of benzene rings is 1. The number of halogens is 2. The van der Waals surface area contributed by atoms with Crippen molar-refractivity contribution >= 4 is 21.8 Å². The second-order valence-electron chi connectivity index (χ2n) is 4.97. The number of hydrogen-bond donors (Lipinski definition) is 2. The summed E-state index contributed by atoms with van der Waals surface area (Å²) in [6.07, 6.45) is 3.09. The normalized spacial score (nSPS) is 22.5. The molecule has 0 aromatic heterocycles. The molecule has 1 aliphatic rings. The molecule has 0 heterocycles. The highest BCUT2D eigenvalue weighted by molar-refractivity contribution is 9.10. The highest BCUT2D eigenvalue weighted by Crippen LogP contribution is 2.30. The number of nitrogens with one attached hydrogen (secondary N) is 1. The smallest absolute Gasteiger partial charge is 0.254 e. The van der Waals surface area contributed by atoms with Crippen LogP contribution in [0.4, 0.5) is 4.39 Å². The maximum atomic E-state index is 13.5. The average molecular weight is 330 g/mol. The van der Waals surface area contributed by atoms with Crippen molar-refractivity contribution in [3.63, 3.8) is 0 Å². The third-order valence-electron chi connectivity index (χ3n) is 3.75. The third-order valence-corrected chi connectivity index (χ3v) is 4.24. The highest BCUT2D eigenvalue weighted by Gasteiger charge is 2.27. The molecule has 1 aromatic carbocycles. The van der Waals surface area contributed by atoms with E-state index in [-0.39, 0.29) is 18.1 Å². The minimum Gasteiger partial charge on any atom is -0.396 e. The number of aliphatic hydroxyl groups excluding tert-OH is 1. The Morgan fingerprint density at radius 2 is 2.16 bits per heavy atom. The number of amides is 1. The van der Waals surface area contributed by atoms with Crippen LogP contribution in [-0.2, 0) is 0 Å². The molecule has 2 unspecified atom stereocenters. The molecule has 2 rings (SSSR count). The van der Waals surface area contributed by atoms with Crippen molar-refractivity contribution in [2.45, 2.75) is 19.3 Å². The molecule has 0 bridgehead atoms. The van der Waals surface area contributed by atoms with Gasteiger partial charge < -0.3 is 10.4 Å². The van der Waals surface area contributed by atoms with Gasteiger partial charge in [-0.1, -0.05) is 22.4 Å². The van der Waals surface area contributed by atoms with Crippen molar-refractivity contribution in [1.29, 1.82) is 0 Å². The zero-order chi connectivity index (χ0) is 13.8. The second-order valence-corrected chi connectivity index (χ2v) is 5.88. The van der Waals surface area contributed by atoms with Crippen molar-refractivity contribution < 1.29 is 14.3 Å². The Bertz CT molecular complexity index is 467. The van der Waals surface area contributed by atoms with Crippen LogP contribution in [-0.4, -0.2) is 24.2 Å². The molecule has 2 N–H and O–H groups in total. The zero-order valence-corrected chi connectivity index (χ0v) is 12.1. The first-order chi connectivity index (χ1) is 9.11. The zero-order valence-electron chi connectivity index (χ0n) is 10.5. The molecule has 104 valence electrons. The van der Waals surface area contributed by atoms with Gasteiger partial charge in [-0.15, -0.1) is 0 Å². The molecule has 1 amide bonds. The summed E-state index contributed by atoms with van der Waals surface area (Å²) in [7, 11) is 0. The molecule has 3 nitrogen and oxygen atoms in total. The maximum Gasteiger partial charge on any atom is 0.254 e. The summed E-state index contributed by atoms with van der Waals surface area (Å²) in [5.74, 6) is -0.370. The van der Waals surface area contributed by atoms with Crippen LogP contribution < -0.4 is 5.32 Å². The van der Waals surface area contributed by atoms with Gasteiger partial charge in [0.2, 0.25) is 0 Å². The lowest BCUT2D eigenvalue weighted by Crippen LogP contribution is -2.32. The van der Waals surface area contributed by atoms with E-state index in [9.17, 15) is 14.3 Å². The Balaban J connectivity index is 1.96. The number of aliphatic hydroxyl groups is 1. The van der Waals surface area contributed by atoms with Crippen molar-refractivity contribution in [3.8, 4) is 0 Å². The second kappa shape index (κ2) is 6.48. The summed E-state index contributed by atoms with van der Waals surface area (Å²) in [6, 6.07) is 4.30. The molecule has 1 saturated carbocycles. The quantitative estimate of drug-likeness (QED) is 0.892. The topological polar surface area (TPSA) is 49.3 Å². The molecule has 1 aromatic rings. The van der Waals surface area contributed by atoms with E-state index in [1.165, 1.54) is 12.1 Å². The van der Waals surface area contributed by atoms with Crippen molar-refractivity contribution in [1.82, 2.24) is 5.32 Å². The summed E-state index contributed by atoms with van der Waals surface area (Å²) >= 11 is 3.22. The van der Waals surface area contributed by atoms with Gasteiger partial charge in [-0.2, -0.15) is 0 Å². The maximum absolute atomic E-state index is 13.5. The first-order valence-electron chi connectivity index (χ1n) is 6.46. The lowest BCUT2D eigenvalue weighted by Gasteiger charge is -2.17. The third kappa shape index (κ3) is 3.54. The van der Waals surface area contributed by atoms with Crippen LogP contribution in [0.1, 0.15) is 29.6 Å². The predicted octanol–water partition coefficient (Wildman–Crippen LogP) is 2.73. The van der Waals surface area contributed by atoms with Gasteiger partial charge >= 0.3 is 0 Å². The van der Waals surface area contributed by atoms with Gasteiger partial charge in [0.15, 0.2) is 0 Å². The van der Waals surface area contributed by atoms with E-state index in [0.29, 0.717) is 16.9 Å². The summed E-state index contributed by atoms with van der Waals surface area (Å²) in [5, 5.41) is 12.0. The predicted molar refractivity (Wildman–Crippen MR) is 74.4 cm³/mol. The molecule has 19 heavy (non-hydrogen) atoms. The number of rotatable bonds is 4. The van der Waals surface area contributed by atoms with Gasteiger partial charge in [0.25, 0.3) is 5.91 Å². The Morgan fingerprint density at radius 1 is 1.42 bits per heavy atom. The summed E-state index contributed by atoms with van der Waals surface area (Å²) in [6.45, 7) is 0.655. The average Bonchev–Trinajstić information content (AvgIpc) is 2.86. The van der Waals surface area contributed by atoms with E-state index in [4.69, 9.17) is 0 Å². The first kappa shape index (κ1) is 14.5. The molecule has 1 aliphatic carbocycles. The molecule has 0 spiro atoms. The van der Waals surface area contributed by atoms with Gasteiger partial charge in [-0.3, -0.25) is 4.79 Å². The molecular weight excluding hydrogens is 313 g/mol. The number of carbonyl (C=O) groups excluding carboxylic acids is 1. The summed E-state index contributed by atoms with van der Waals surface area (Å²) in [4.78, 5) is 11.9. The van der Waals surface area contributed by atoms with Gasteiger partial charge in [0, 0.05) is 17.6 Å². The summed E-state index contributed by atoms with van der Waals surface area (Å²) < 4.78 is 14.2. The van der Waals surface area contributed by atoms with E-state index in [0.717, 1.165) is 19.3 Å². The molecule has 1 fully saturated rings. The Hall–Kier alpha value is -0.940. The van der Waals surface area contributed by atoms with E-state index < -0.39 is 11.7 Å². The molecule has 2 atom stereocenters. The van der Waals surface area contributed by atoms with Crippen LogP contribution in [0, 0.1) is 17.7 Å². The fourth-order valence-corrected chi connectivity index (χ4v) is 2.97. The van der Waals surface area contributed by atoms with Gasteiger partial charge in [0.1, 0.15) is 5.82 Å². The van der Waals surface area contributed by atoms with Crippen LogP contribution >= 0.6 is 15.9 Å². The molecule has 0 saturated heterocycles. The van der Waals surface area contributed by atoms with Gasteiger partial charge in [0.05, 0.1) is 5.56 Å². The van der Waals surface area contributed by atoms with E-state index in [1.807, 2.05) is 0 Å². The van der Waals surface area contributed by atoms with Crippen LogP contribution in [0.5, 0.6) is 0 Å². The lowest BCUT2D eigenvalue weighted by molar-refractivity contribution is 0.0933. The SMILES string of the molecule is O=C(NCC1CCCC1CO)c1cc(Br)ccc1F. The minimum atomic E-state index is -0.522. The molecule has 0 radical (unpaired) electrons. The van der Waals surface area contributed by atoms with Crippen LogP contribution in [0.3, 0.4) is 0 Å². The molecule has 0 aliphatic heterocycles. The Labute approximate surface area is 120 Å². The number of carbonyl (C=O) groups is 1. The fraction of sp³-hybridized carbons (Fsp3) is 0.500. The van der Waals surface area contributed by atoms with Crippen molar-refractivity contribution in [2.24, 2.45) is 11.8 Å². The molecule has 5 heteroatoms. The Kier molecular flexibility index (Phi) is 4.93. The largest absolute Gasteiger partial charge is 0.396 e. The van der Waals surface area contributed by atoms with Gasteiger partial charge in [-0.05, 0) is 42.9 Å². The van der Waals surface area contributed by atoms with Crippen molar-refractivity contribution in [2.75, 3.05) is 13.2 Å². The minimum absolute atomic E-state index is 0.0490. The van der Waals surface area contributed by atoms with Crippen molar-refractivity contribution in [3.05, 3.63) is 34.1 Å². The lowest BCUT2D eigenvalue weighted by atomic mass is 9.97. The van der Waals surface area contributed by atoms with Gasteiger partial charge in [-0.25, -0.2) is 4.39 Å². The standard InChI is InChI=1S/C14H17BrFNO2/c15-11-4-5-13(16)12(6-11)14(19)17-7-9-2-1-3-10(9)8-18/h4-6,9-10,18H,1-3,7-8H2,(H,17,19). The number of hydrogen-bond acceptors (Lipinski definition) is 2. The first-order valence-corrected chi connectivity index (χ1v) is 7.25. The summed E-state index contributed by atoms with van der Waals surface area (Å²) in [5.41, 5.74) is 0.0490.